The molecule has 2 aliphatic carbocycles. The molecule has 0 unspecified atom stereocenters. The van der Waals surface area contributed by atoms with Gasteiger partial charge in [0.15, 0.2) is 0 Å². The Morgan fingerprint density at radius 2 is 2.12 bits per heavy atom. The van der Waals surface area contributed by atoms with Crippen LogP contribution in [0.25, 0.3) is 0 Å². The molecule has 3 atom stereocenters. The minimum atomic E-state index is -0.00926. The molecule has 0 aromatic carbocycles. The Kier molecular flexibility index (Phi) is 0.770. The molecule has 2 bridgehead atoms. The number of allylic oxidation sites excluding steroid dienone is 1. The van der Waals surface area contributed by atoms with Crippen LogP contribution in [0.4, 0.5) is 0 Å². The van der Waals surface area contributed by atoms with E-state index in [4.69, 9.17) is 5.11 Å². The molecule has 0 spiro atoms. The predicted octanol–water partition coefficient (Wildman–Crippen LogP) is 0.943. The first-order valence-electron chi connectivity index (χ1n) is 3.22. The zero-order valence-electron chi connectivity index (χ0n) is 4.75. The molecule has 0 aromatic rings. The van der Waals surface area contributed by atoms with Crippen LogP contribution < -0.4 is 0 Å². The van der Waals surface area contributed by atoms with Crippen molar-refractivity contribution in [1.29, 1.82) is 0 Å². The molecule has 1 nitrogen and oxygen atoms in total. The summed E-state index contributed by atoms with van der Waals surface area (Å²) < 4.78 is 0. The maximum atomic E-state index is 9.17. The van der Waals surface area contributed by atoms with E-state index in [1.807, 2.05) is 0 Å². The SMILES string of the molecule is O[C@H]1C[C@@H]2C=C[C@H]1C2. The zero-order valence-corrected chi connectivity index (χ0v) is 4.75. The van der Waals surface area contributed by atoms with Crippen LogP contribution in [-0.2, 0) is 0 Å². The van der Waals surface area contributed by atoms with E-state index in [9.17, 15) is 0 Å². The van der Waals surface area contributed by atoms with Crippen molar-refractivity contribution in [3.63, 3.8) is 0 Å². The fourth-order valence-electron chi connectivity index (χ4n) is 1.75. The number of hydrogen-bond acceptors (Lipinski definition) is 1. The van der Waals surface area contributed by atoms with Gasteiger partial charge in [0.1, 0.15) is 0 Å². The molecule has 44 valence electrons. The summed E-state index contributed by atoms with van der Waals surface area (Å²) in [6.45, 7) is 0. The van der Waals surface area contributed by atoms with Crippen LogP contribution in [0.2, 0.25) is 0 Å². The number of fused-ring (bicyclic) bond motifs is 2. The molecule has 1 heteroatoms. The molecule has 0 aliphatic heterocycles. The largest absolute Gasteiger partial charge is 0.392 e. The Hall–Kier alpha value is -0.300. The van der Waals surface area contributed by atoms with E-state index in [0.717, 1.165) is 12.3 Å². The summed E-state index contributed by atoms with van der Waals surface area (Å²) >= 11 is 0. The van der Waals surface area contributed by atoms with Gasteiger partial charge in [-0.25, -0.2) is 0 Å². The average molecular weight is 110 g/mol. The molecule has 0 amide bonds. The van der Waals surface area contributed by atoms with Crippen molar-refractivity contribution in [2.24, 2.45) is 11.8 Å². The summed E-state index contributed by atoms with van der Waals surface area (Å²) in [6.07, 6.45) is 6.60. The molecule has 0 heterocycles. The second-order valence-electron chi connectivity index (χ2n) is 2.85. The summed E-state index contributed by atoms with van der Waals surface area (Å²) in [5.74, 6) is 1.23. The van der Waals surface area contributed by atoms with Gasteiger partial charge in [-0.05, 0) is 18.8 Å². The topological polar surface area (TPSA) is 20.2 Å². The minimum Gasteiger partial charge on any atom is -0.392 e. The van der Waals surface area contributed by atoms with E-state index in [0.29, 0.717) is 5.92 Å². The lowest BCUT2D eigenvalue weighted by atomic mass is 10.1. The van der Waals surface area contributed by atoms with Crippen molar-refractivity contribution in [3.8, 4) is 0 Å². The summed E-state index contributed by atoms with van der Waals surface area (Å²) in [4.78, 5) is 0. The number of hydrogen-bond donors (Lipinski definition) is 1. The molecule has 2 rings (SSSR count). The van der Waals surface area contributed by atoms with Gasteiger partial charge < -0.3 is 5.11 Å². The van der Waals surface area contributed by atoms with Crippen molar-refractivity contribution in [2.45, 2.75) is 18.9 Å². The smallest absolute Gasteiger partial charge is 0.0608 e. The Morgan fingerprint density at radius 1 is 1.25 bits per heavy atom. The first kappa shape index (κ1) is 4.57. The molecular formula is C7H10O. The van der Waals surface area contributed by atoms with Gasteiger partial charge >= 0.3 is 0 Å². The number of aliphatic hydroxyl groups is 1. The first-order chi connectivity index (χ1) is 3.86. The molecule has 1 saturated carbocycles. The Bertz CT molecular complexity index is 128. The van der Waals surface area contributed by atoms with Crippen molar-refractivity contribution < 1.29 is 5.11 Å². The van der Waals surface area contributed by atoms with Crippen LogP contribution >= 0.6 is 0 Å². The lowest BCUT2D eigenvalue weighted by Gasteiger charge is -2.08. The number of aliphatic hydroxyl groups excluding tert-OH is 1. The van der Waals surface area contributed by atoms with E-state index in [1.165, 1.54) is 6.42 Å². The van der Waals surface area contributed by atoms with E-state index < -0.39 is 0 Å². The molecule has 2 aliphatic rings. The highest BCUT2D eigenvalue weighted by Crippen LogP contribution is 2.38. The van der Waals surface area contributed by atoms with Gasteiger partial charge in [-0.15, -0.1) is 0 Å². The molecule has 0 saturated heterocycles. The average Bonchev–Trinajstić information content (AvgIpc) is 2.23. The standard InChI is InChI=1S/C7H10O/c8-7-4-5-1-2-6(7)3-5/h1-2,5-8H,3-4H2/t5-,6+,7+/m1/s1. The lowest BCUT2D eigenvalue weighted by Crippen LogP contribution is -2.11. The van der Waals surface area contributed by atoms with Crippen LogP contribution in [0.1, 0.15) is 12.8 Å². The molecule has 8 heavy (non-hydrogen) atoms. The Labute approximate surface area is 49.0 Å². The van der Waals surface area contributed by atoms with Crippen LogP contribution in [0, 0.1) is 11.8 Å². The van der Waals surface area contributed by atoms with Crippen molar-refractivity contribution in [2.75, 3.05) is 0 Å². The Balaban J connectivity index is 2.23. The monoisotopic (exact) mass is 110 g/mol. The van der Waals surface area contributed by atoms with Gasteiger partial charge in [-0.3, -0.25) is 0 Å². The van der Waals surface area contributed by atoms with Crippen LogP contribution in [0.15, 0.2) is 12.2 Å². The summed E-state index contributed by atoms with van der Waals surface area (Å²) in [5, 5.41) is 9.17. The first-order valence-corrected chi connectivity index (χ1v) is 3.22. The van der Waals surface area contributed by atoms with E-state index >= 15 is 0 Å². The highest BCUT2D eigenvalue weighted by atomic mass is 16.3. The molecule has 0 radical (unpaired) electrons. The summed E-state index contributed by atoms with van der Waals surface area (Å²) in [7, 11) is 0. The van der Waals surface area contributed by atoms with Crippen molar-refractivity contribution >= 4 is 0 Å². The van der Waals surface area contributed by atoms with Gasteiger partial charge in [0, 0.05) is 5.92 Å². The fourth-order valence-corrected chi connectivity index (χ4v) is 1.75. The normalized spacial score (nSPS) is 50.9. The maximum Gasteiger partial charge on any atom is 0.0608 e. The highest BCUT2D eigenvalue weighted by molar-refractivity contribution is 5.10. The molecular weight excluding hydrogens is 100 g/mol. The van der Waals surface area contributed by atoms with Gasteiger partial charge in [-0.2, -0.15) is 0 Å². The van der Waals surface area contributed by atoms with E-state index in [-0.39, 0.29) is 6.10 Å². The lowest BCUT2D eigenvalue weighted by molar-refractivity contribution is 0.148. The predicted molar refractivity (Wildman–Crippen MR) is 31.4 cm³/mol. The van der Waals surface area contributed by atoms with Crippen molar-refractivity contribution in [1.82, 2.24) is 0 Å². The summed E-state index contributed by atoms with van der Waals surface area (Å²) in [5.41, 5.74) is 0. The van der Waals surface area contributed by atoms with Crippen molar-refractivity contribution in [3.05, 3.63) is 12.2 Å². The quantitative estimate of drug-likeness (QED) is 0.460. The van der Waals surface area contributed by atoms with Gasteiger partial charge in [-0.1, -0.05) is 12.2 Å². The maximum absolute atomic E-state index is 9.17. The number of rotatable bonds is 0. The molecule has 1 N–H and O–H groups in total. The summed E-state index contributed by atoms with van der Waals surface area (Å²) in [6, 6.07) is 0. The third-order valence-electron chi connectivity index (χ3n) is 2.24. The third-order valence-corrected chi connectivity index (χ3v) is 2.24. The second-order valence-corrected chi connectivity index (χ2v) is 2.85. The second kappa shape index (κ2) is 1.35. The zero-order chi connectivity index (χ0) is 5.56. The molecule has 1 fully saturated rings. The molecule has 0 aromatic heterocycles. The highest BCUT2D eigenvalue weighted by Gasteiger charge is 2.33. The van der Waals surface area contributed by atoms with E-state index in [2.05, 4.69) is 12.2 Å². The van der Waals surface area contributed by atoms with E-state index in [1.54, 1.807) is 0 Å². The van der Waals surface area contributed by atoms with Gasteiger partial charge in [0.25, 0.3) is 0 Å². The minimum absolute atomic E-state index is 0.00926. The third kappa shape index (κ3) is 0.451. The van der Waals surface area contributed by atoms with Crippen LogP contribution in [-0.4, -0.2) is 11.2 Å². The Morgan fingerprint density at radius 3 is 2.38 bits per heavy atom. The fraction of sp³-hybridized carbons (Fsp3) is 0.714. The van der Waals surface area contributed by atoms with Gasteiger partial charge in [0.05, 0.1) is 6.10 Å². The van der Waals surface area contributed by atoms with Gasteiger partial charge in [0.2, 0.25) is 0 Å². The van der Waals surface area contributed by atoms with Crippen LogP contribution in [0.3, 0.4) is 0 Å². The van der Waals surface area contributed by atoms with Crippen LogP contribution in [0.5, 0.6) is 0 Å².